The van der Waals surface area contributed by atoms with Gasteiger partial charge in [-0.05, 0) is 24.1 Å². The molecule has 1 aromatic heterocycles. The van der Waals surface area contributed by atoms with Crippen molar-refractivity contribution in [1.82, 2.24) is 9.88 Å². The molecule has 0 bridgehead atoms. The van der Waals surface area contributed by atoms with E-state index in [-0.39, 0.29) is 0 Å². The Morgan fingerprint density at radius 3 is 3.00 bits per heavy atom. The molecule has 0 aromatic carbocycles. The molecule has 1 aromatic rings. The average molecular weight is 206 g/mol. The highest BCUT2D eigenvalue weighted by molar-refractivity contribution is 5.16. The number of hydrogen-bond acceptors (Lipinski definition) is 3. The van der Waals surface area contributed by atoms with Gasteiger partial charge in [-0.2, -0.15) is 0 Å². The summed E-state index contributed by atoms with van der Waals surface area (Å²) in [4.78, 5) is 6.73. The van der Waals surface area contributed by atoms with Crippen molar-refractivity contribution in [2.75, 3.05) is 20.2 Å². The van der Waals surface area contributed by atoms with Gasteiger partial charge in [0.25, 0.3) is 0 Å². The first-order valence-corrected chi connectivity index (χ1v) is 5.50. The minimum absolute atomic E-state index is 0.430. The topological polar surface area (TPSA) is 25.4 Å². The van der Waals surface area contributed by atoms with Gasteiger partial charge in [-0.25, -0.2) is 0 Å². The molecule has 0 aliphatic carbocycles. The minimum Gasteiger partial charge on any atom is -0.379 e. The van der Waals surface area contributed by atoms with E-state index < -0.39 is 0 Å². The fraction of sp³-hybridized carbons (Fsp3) is 0.583. The van der Waals surface area contributed by atoms with Crippen LogP contribution in [-0.4, -0.2) is 36.2 Å². The molecule has 15 heavy (non-hydrogen) atoms. The Morgan fingerprint density at radius 1 is 1.53 bits per heavy atom. The highest BCUT2D eigenvalue weighted by Gasteiger charge is 2.26. The molecule has 1 saturated heterocycles. The Morgan fingerprint density at radius 2 is 2.33 bits per heavy atom. The molecule has 0 radical (unpaired) electrons. The second-order valence-corrected chi connectivity index (χ2v) is 4.06. The zero-order chi connectivity index (χ0) is 10.7. The van der Waals surface area contributed by atoms with Gasteiger partial charge in [-0.15, -0.1) is 0 Å². The van der Waals surface area contributed by atoms with Crippen LogP contribution in [0, 0.1) is 0 Å². The van der Waals surface area contributed by atoms with Crippen molar-refractivity contribution in [2.45, 2.75) is 26.0 Å². The Bertz CT molecular complexity index is 321. The minimum atomic E-state index is 0.430. The lowest BCUT2D eigenvalue weighted by Gasteiger charge is -2.37. The van der Waals surface area contributed by atoms with E-state index >= 15 is 0 Å². The molecule has 0 amide bonds. The highest BCUT2D eigenvalue weighted by Crippen LogP contribution is 2.14. The predicted octanol–water partition coefficient (Wildman–Crippen LogP) is 1.47. The number of aryl methyl sites for hydroxylation is 1. The van der Waals surface area contributed by atoms with E-state index in [0.29, 0.717) is 6.10 Å². The molecule has 0 unspecified atom stereocenters. The van der Waals surface area contributed by atoms with Crippen LogP contribution >= 0.6 is 0 Å². The lowest BCUT2D eigenvalue weighted by Crippen LogP contribution is -2.51. The molecule has 0 spiro atoms. The Kier molecular flexibility index (Phi) is 3.34. The van der Waals surface area contributed by atoms with Crippen LogP contribution in [0.2, 0.25) is 0 Å². The van der Waals surface area contributed by atoms with Gasteiger partial charge in [0.2, 0.25) is 0 Å². The SMILES string of the molecule is CCc1ccnc(CN2CC(OC)C2)c1. The maximum absolute atomic E-state index is 5.24. The largest absolute Gasteiger partial charge is 0.379 e. The van der Waals surface area contributed by atoms with Crippen LogP contribution in [0.1, 0.15) is 18.2 Å². The van der Waals surface area contributed by atoms with Gasteiger partial charge in [0, 0.05) is 32.9 Å². The summed E-state index contributed by atoms with van der Waals surface area (Å²) in [5, 5.41) is 0. The first kappa shape index (κ1) is 10.6. The van der Waals surface area contributed by atoms with Gasteiger partial charge in [-0.3, -0.25) is 9.88 Å². The van der Waals surface area contributed by atoms with E-state index in [0.717, 1.165) is 26.1 Å². The predicted molar refractivity (Wildman–Crippen MR) is 59.7 cm³/mol. The molecule has 3 nitrogen and oxygen atoms in total. The monoisotopic (exact) mass is 206 g/mol. The first-order valence-electron chi connectivity index (χ1n) is 5.50. The zero-order valence-corrected chi connectivity index (χ0v) is 9.44. The summed E-state index contributed by atoms with van der Waals surface area (Å²) in [6, 6.07) is 4.28. The fourth-order valence-electron chi connectivity index (χ4n) is 1.86. The third-order valence-corrected chi connectivity index (χ3v) is 2.93. The lowest BCUT2D eigenvalue weighted by atomic mass is 10.1. The third kappa shape index (κ3) is 2.55. The number of likely N-dealkylation sites (tertiary alicyclic amines) is 1. The molecular weight excluding hydrogens is 188 g/mol. The maximum Gasteiger partial charge on any atom is 0.0825 e. The van der Waals surface area contributed by atoms with Gasteiger partial charge >= 0.3 is 0 Å². The summed E-state index contributed by atoms with van der Waals surface area (Å²) >= 11 is 0. The molecule has 1 aliphatic heterocycles. The van der Waals surface area contributed by atoms with Crippen LogP contribution in [0.4, 0.5) is 0 Å². The van der Waals surface area contributed by atoms with Gasteiger partial charge in [-0.1, -0.05) is 6.92 Å². The molecular formula is C12H18N2O. The van der Waals surface area contributed by atoms with Crippen molar-refractivity contribution < 1.29 is 4.74 Å². The number of ether oxygens (including phenoxy) is 1. The number of rotatable bonds is 4. The van der Waals surface area contributed by atoms with Crippen molar-refractivity contribution in [3.05, 3.63) is 29.6 Å². The number of aromatic nitrogens is 1. The molecule has 3 heteroatoms. The highest BCUT2D eigenvalue weighted by atomic mass is 16.5. The quantitative estimate of drug-likeness (QED) is 0.746. The summed E-state index contributed by atoms with van der Waals surface area (Å²) in [7, 11) is 1.78. The van der Waals surface area contributed by atoms with Crippen LogP contribution in [-0.2, 0) is 17.7 Å². The zero-order valence-electron chi connectivity index (χ0n) is 9.44. The summed E-state index contributed by atoms with van der Waals surface area (Å²) in [6.07, 6.45) is 3.41. The molecule has 2 heterocycles. The molecule has 0 N–H and O–H groups in total. The van der Waals surface area contributed by atoms with Gasteiger partial charge in [0.1, 0.15) is 0 Å². The Labute approximate surface area is 91.1 Å². The van der Waals surface area contributed by atoms with Crippen molar-refractivity contribution >= 4 is 0 Å². The third-order valence-electron chi connectivity index (χ3n) is 2.93. The second kappa shape index (κ2) is 4.73. The van der Waals surface area contributed by atoms with Crippen LogP contribution in [0.3, 0.4) is 0 Å². The Hall–Kier alpha value is -0.930. The van der Waals surface area contributed by atoms with E-state index in [1.807, 2.05) is 6.20 Å². The van der Waals surface area contributed by atoms with Gasteiger partial charge in [0.05, 0.1) is 11.8 Å². The van der Waals surface area contributed by atoms with Crippen LogP contribution in [0.5, 0.6) is 0 Å². The number of pyridine rings is 1. The standard InChI is InChI=1S/C12H18N2O/c1-3-10-4-5-13-11(6-10)7-14-8-12(9-14)15-2/h4-6,12H,3,7-9H2,1-2H3. The molecule has 1 aliphatic rings. The van der Waals surface area contributed by atoms with Crippen LogP contribution in [0.25, 0.3) is 0 Å². The summed E-state index contributed by atoms with van der Waals surface area (Å²) in [5.41, 5.74) is 2.53. The van der Waals surface area contributed by atoms with E-state index in [9.17, 15) is 0 Å². The normalized spacial score (nSPS) is 17.7. The average Bonchev–Trinajstić information content (AvgIpc) is 2.23. The smallest absolute Gasteiger partial charge is 0.0825 e. The first-order chi connectivity index (χ1) is 7.31. The molecule has 1 fully saturated rings. The van der Waals surface area contributed by atoms with Crippen LogP contribution in [0.15, 0.2) is 18.3 Å². The Balaban J connectivity index is 1.88. The number of nitrogens with zero attached hydrogens (tertiary/aromatic N) is 2. The number of methoxy groups -OCH3 is 1. The van der Waals surface area contributed by atoms with Crippen molar-refractivity contribution in [1.29, 1.82) is 0 Å². The van der Waals surface area contributed by atoms with Crippen molar-refractivity contribution in [3.8, 4) is 0 Å². The summed E-state index contributed by atoms with van der Waals surface area (Å²) in [5.74, 6) is 0. The van der Waals surface area contributed by atoms with Gasteiger partial charge in [0.15, 0.2) is 0 Å². The van der Waals surface area contributed by atoms with Crippen molar-refractivity contribution in [2.24, 2.45) is 0 Å². The lowest BCUT2D eigenvalue weighted by molar-refractivity contribution is -0.0339. The molecule has 82 valence electrons. The fourth-order valence-corrected chi connectivity index (χ4v) is 1.86. The van der Waals surface area contributed by atoms with E-state index in [2.05, 4.69) is 28.9 Å². The molecule has 0 atom stereocenters. The maximum atomic E-state index is 5.24. The van der Waals surface area contributed by atoms with E-state index in [1.54, 1.807) is 7.11 Å². The van der Waals surface area contributed by atoms with Gasteiger partial charge < -0.3 is 4.74 Å². The molecule has 0 saturated carbocycles. The second-order valence-electron chi connectivity index (χ2n) is 4.06. The number of hydrogen-bond donors (Lipinski definition) is 0. The van der Waals surface area contributed by atoms with E-state index in [4.69, 9.17) is 4.74 Å². The van der Waals surface area contributed by atoms with Crippen molar-refractivity contribution in [3.63, 3.8) is 0 Å². The van der Waals surface area contributed by atoms with Crippen LogP contribution < -0.4 is 0 Å². The van der Waals surface area contributed by atoms with E-state index in [1.165, 1.54) is 11.3 Å². The summed E-state index contributed by atoms with van der Waals surface area (Å²) in [6.45, 7) is 5.19. The molecule has 2 rings (SSSR count). The summed E-state index contributed by atoms with van der Waals surface area (Å²) < 4.78 is 5.24.